The van der Waals surface area contributed by atoms with Crippen LogP contribution in [0.4, 0.5) is 10.5 Å². The number of anilines is 1. The summed E-state index contributed by atoms with van der Waals surface area (Å²) in [5.74, 6) is 1.33. The first-order valence-electron chi connectivity index (χ1n) is 7.86. The van der Waals surface area contributed by atoms with Crippen molar-refractivity contribution in [2.45, 2.75) is 25.7 Å². The maximum absolute atomic E-state index is 12.5. The van der Waals surface area contributed by atoms with Gasteiger partial charge in [-0.15, -0.1) is 0 Å². The number of carbonyl (C=O) groups excluding carboxylic acids is 1. The molecule has 0 bridgehead atoms. The number of urea groups is 1. The zero-order chi connectivity index (χ0) is 16.5. The lowest BCUT2D eigenvalue weighted by molar-refractivity contribution is 0.190. The Labute approximate surface area is 137 Å². The quantitative estimate of drug-likeness (QED) is 0.745. The number of hydrogen-bond acceptors (Lipinski definition) is 6. The van der Waals surface area contributed by atoms with Crippen molar-refractivity contribution in [1.29, 1.82) is 0 Å². The maximum Gasteiger partial charge on any atom is 0.321 e. The Hall–Kier alpha value is -2.97. The molecular weight excluding hydrogens is 310 g/mol. The summed E-state index contributed by atoms with van der Waals surface area (Å²) >= 11 is 0. The summed E-state index contributed by atoms with van der Waals surface area (Å²) in [7, 11) is 0. The van der Waals surface area contributed by atoms with E-state index < -0.39 is 0 Å². The molecule has 0 unspecified atom stereocenters. The fourth-order valence-electron chi connectivity index (χ4n) is 2.97. The van der Waals surface area contributed by atoms with Crippen LogP contribution in [0.15, 0.2) is 22.7 Å². The molecule has 124 valence electrons. The lowest BCUT2D eigenvalue weighted by atomic mass is 9.98. The van der Waals surface area contributed by atoms with Crippen molar-refractivity contribution in [3.05, 3.63) is 29.9 Å². The first kappa shape index (κ1) is 14.6. The molecule has 9 heteroatoms. The van der Waals surface area contributed by atoms with Crippen LogP contribution in [0.2, 0.25) is 0 Å². The zero-order valence-electron chi connectivity index (χ0n) is 13.2. The molecule has 1 aliphatic rings. The number of aromatic nitrogens is 5. The van der Waals surface area contributed by atoms with Gasteiger partial charge in [0.05, 0.1) is 0 Å². The van der Waals surface area contributed by atoms with Gasteiger partial charge in [-0.3, -0.25) is 0 Å². The van der Waals surface area contributed by atoms with Gasteiger partial charge in [0, 0.05) is 31.6 Å². The summed E-state index contributed by atoms with van der Waals surface area (Å²) in [5, 5.41) is 17.5. The highest BCUT2D eigenvalue weighted by Crippen LogP contribution is 2.25. The number of carbonyl (C=O) groups is 1. The molecule has 4 rings (SSSR count). The van der Waals surface area contributed by atoms with E-state index in [2.05, 4.69) is 30.9 Å². The molecule has 2 amide bonds. The highest BCUT2D eigenvalue weighted by Gasteiger charge is 2.27. The van der Waals surface area contributed by atoms with Crippen LogP contribution in [0.1, 0.15) is 30.5 Å². The number of amides is 2. The van der Waals surface area contributed by atoms with E-state index >= 15 is 0 Å². The third-order valence-electron chi connectivity index (χ3n) is 4.18. The molecule has 0 aliphatic carbocycles. The number of aryl methyl sites for hydroxylation is 1. The Kier molecular flexibility index (Phi) is 3.60. The smallest absolute Gasteiger partial charge is 0.321 e. The van der Waals surface area contributed by atoms with Crippen LogP contribution in [0.5, 0.6) is 0 Å². The largest absolute Gasteiger partial charge is 0.340 e. The molecule has 1 aromatic carbocycles. The average molecular weight is 327 g/mol. The number of fused-ring (bicyclic) bond motifs is 1. The lowest BCUT2D eigenvalue weighted by Gasteiger charge is -2.31. The molecule has 0 radical (unpaired) electrons. The summed E-state index contributed by atoms with van der Waals surface area (Å²) in [4.78, 5) is 18.6. The highest BCUT2D eigenvalue weighted by molar-refractivity contribution is 5.91. The number of rotatable bonds is 2. The first-order chi connectivity index (χ1) is 11.7. The fourth-order valence-corrected chi connectivity index (χ4v) is 2.97. The summed E-state index contributed by atoms with van der Waals surface area (Å²) in [6.07, 6.45) is 1.86. The monoisotopic (exact) mass is 327 g/mol. The normalized spacial score (nSPS) is 18.0. The maximum atomic E-state index is 12.5. The van der Waals surface area contributed by atoms with Crippen molar-refractivity contribution in [1.82, 2.24) is 30.5 Å². The van der Waals surface area contributed by atoms with E-state index in [0.717, 1.165) is 18.4 Å². The number of H-pyrrole nitrogens is 1. The van der Waals surface area contributed by atoms with Gasteiger partial charge in [0.25, 0.3) is 0 Å². The summed E-state index contributed by atoms with van der Waals surface area (Å²) in [6, 6.07) is 5.28. The van der Waals surface area contributed by atoms with Crippen LogP contribution in [0.25, 0.3) is 11.0 Å². The van der Waals surface area contributed by atoms with Crippen LogP contribution in [-0.4, -0.2) is 49.6 Å². The van der Waals surface area contributed by atoms with E-state index in [1.54, 1.807) is 17.9 Å². The Morgan fingerprint density at radius 1 is 1.38 bits per heavy atom. The second-order valence-electron chi connectivity index (χ2n) is 5.91. The Balaban J connectivity index is 1.45. The van der Waals surface area contributed by atoms with E-state index in [-0.39, 0.29) is 11.9 Å². The van der Waals surface area contributed by atoms with Crippen LogP contribution in [0, 0.1) is 6.92 Å². The second kappa shape index (κ2) is 5.91. The Morgan fingerprint density at radius 2 is 2.25 bits per heavy atom. The number of aromatic amines is 1. The van der Waals surface area contributed by atoms with E-state index in [1.807, 2.05) is 12.1 Å². The minimum absolute atomic E-state index is 0.111. The molecule has 0 spiro atoms. The van der Waals surface area contributed by atoms with Crippen LogP contribution in [-0.2, 0) is 0 Å². The minimum atomic E-state index is -0.136. The Morgan fingerprint density at radius 3 is 3.08 bits per heavy atom. The first-order valence-corrected chi connectivity index (χ1v) is 7.86. The number of piperidine rings is 1. The van der Waals surface area contributed by atoms with E-state index in [1.165, 1.54) is 0 Å². The predicted molar refractivity (Wildman–Crippen MR) is 85.5 cm³/mol. The Bertz CT molecular complexity index is 871. The molecule has 2 N–H and O–H groups in total. The molecule has 3 heterocycles. The number of benzene rings is 1. The van der Waals surface area contributed by atoms with Crippen molar-refractivity contribution in [3.8, 4) is 0 Å². The molecular formula is C15H17N7O2. The third kappa shape index (κ3) is 2.80. The summed E-state index contributed by atoms with van der Waals surface area (Å²) < 4.78 is 5.05. The van der Waals surface area contributed by atoms with E-state index in [9.17, 15) is 4.79 Å². The van der Waals surface area contributed by atoms with Crippen LogP contribution < -0.4 is 5.32 Å². The van der Waals surface area contributed by atoms with Crippen molar-refractivity contribution in [2.24, 2.45) is 0 Å². The molecule has 1 atom stereocenters. The zero-order valence-corrected chi connectivity index (χ0v) is 13.2. The number of hydrogen-bond donors (Lipinski definition) is 2. The van der Waals surface area contributed by atoms with Gasteiger partial charge >= 0.3 is 6.03 Å². The van der Waals surface area contributed by atoms with Crippen molar-refractivity contribution < 1.29 is 9.32 Å². The van der Waals surface area contributed by atoms with Crippen molar-refractivity contribution in [2.75, 3.05) is 18.4 Å². The molecule has 9 nitrogen and oxygen atoms in total. The standard InChI is InChI=1S/C15H17N7O2/c1-9-16-14(20-24-9)10-3-2-6-22(8-10)15(23)17-11-4-5-12-13(7-11)19-21-18-12/h4-5,7,10H,2-3,6,8H2,1H3,(H,17,23)(H,18,19,21)/t10-/m0/s1. The number of likely N-dealkylation sites (tertiary alicyclic amines) is 1. The predicted octanol–water partition coefficient (Wildman–Crippen LogP) is 2.06. The topological polar surface area (TPSA) is 113 Å². The minimum Gasteiger partial charge on any atom is -0.340 e. The van der Waals surface area contributed by atoms with Gasteiger partial charge < -0.3 is 14.7 Å². The van der Waals surface area contributed by atoms with Crippen LogP contribution >= 0.6 is 0 Å². The van der Waals surface area contributed by atoms with E-state index in [0.29, 0.717) is 36.0 Å². The summed E-state index contributed by atoms with van der Waals surface area (Å²) in [5.41, 5.74) is 2.17. The third-order valence-corrected chi connectivity index (χ3v) is 4.18. The van der Waals surface area contributed by atoms with Crippen molar-refractivity contribution >= 4 is 22.8 Å². The molecule has 1 aliphatic heterocycles. The van der Waals surface area contributed by atoms with Gasteiger partial charge in [-0.2, -0.15) is 20.4 Å². The molecule has 24 heavy (non-hydrogen) atoms. The van der Waals surface area contributed by atoms with Gasteiger partial charge in [0.2, 0.25) is 5.89 Å². The van der Waals surface area contributed by atoms with Gasteiger partial charge in [-0.25, -0.2) is 4.79 Å². The van der Waals surface area contributed by atoms with Gasteiger partial charge in [-0.05, 0) is 31.0 Å². The van der Waals surface area contributed by atoms with Crippen LogP contribution in [0.3, 0.4) is 0 Å². The number of nitrogens with zero attached hydrogens (tertiary/aromatic N) is 5. The lowest BCUT2D eigenvalue weighted by Crippen LogP contribution is -2.41. The fraction of sp³-hybridized carbons (Fsp3) is 0.400. The second-order valence-corrected chi connectivity index (χ2v) is 5.91. The van der Waals surface area contributed by atoms with E-state index in [4.69, 9.17) is 4.52 Å². The van der Waals surface area contributed by atoms with Gasteiger partial charge in [0.15, 0.2) is 5.82 Å². The molecule has 1 fully saturated rings. The molecule has 1 saturated heterocycles. The molecule has 3 aromatic rings. The average Bonchev–Trinajstić information content (AvgIpc) is 3.23. The van der Waals surface area contributed by atoms with Crippen molar-refractivity contribution in [3.63, 3.8) is 0 Å². The molecule has 2 aromatic heterocycles. The molecule has 0 saturated carbocycles. The van der Waals surface area contributed by atoms with Gasteiger partial charge in [-0.1, -0.05) is 5.16 Å². The highest BCUT2D eigenvalue weighted by atomic mass is 16.5. The van der Waals surface area contributed by atoms with Gasteiger partial charge in [0.1, 0.15) is 11.0 Å². The SMILES string of the molecule is Cc1nc([C@H]2CCCN(C(=O)Nc3ccc4n[nH]nc4c3)C2)no1. The number of nitrogens with one attached hydrogen (secondary N) is 2. The summed E-state index contributed by atoms with van der Waals surface area (Å²) in [6.45, 7) is 3.06.